The standard InChI is InChI=1S/C14H19N3O2S/c1-2-15-12(18)7-11-13(19)17-14(20-11)16-10-6-8-3-4-9(10)5-8/h3-4,8-11H,2,5-7H2,1H3,(H,15,18)(H,16,17,19). The van der Waals surface area contributed by atoms with E-state index in [0.29, 0.717) is 29.6 Å². The maximum atomic E-state index is 11.8. The molecule has 0 aromatic carbocycles. The second kappa shape index (κ2) is 5.60. The molecule has 0 aromatic heterocycles. The number of thioether (sulfide) groups is 1. The van der Waals surface area contributed by atoms with Crippen molar-refractivity contribution in [1.82, 2.24) is 10.6 Å². The van der Waals surface area contributed by atoms with Gasteiger partial charge in [0.05, 0.1) is 0 Å². The lowest BCUT2D eigenvalue weighted by molar-refractivity contribution is -0.124. The summed E-state index contributed by atoms with van der Waals surface area (Å²) < 4.78 is 0. The lowest BCUT2D eigenvalue weighted by Gasteiger charge is -2.20. The maximum Gasteiger partial charge on any atom is 0.262 e. The van der Waals surface area contributed by atoms with E-state index in [9.17, 15) is 9.59 Å². The summed E-state index contributed by atoms with van der Waals surface area (Å²) in [5.74, 6) is 0.979. The third-order valence-electron chi connectivity index (χ3n) is 4.07. The van der Waals surface area contributed by atoms with E-state index in [4.69, 9.17) is 0 Å². The molecule has 1 heterocycles. The molecule has 1 fully saturated rings. The molecule has 0 saturated heterocycles. The number of hydrogen-bond donors (Lipinski definition) is 2. The Kier molecular flexibility index (Phi) is 3.83. The Hall–Kier alpha value is -1.30. The van der Waals surface area contributed by atoms with E-state index in [2.05, 4.69) is 27.8 Å². The summed E-state index contributed by atoms with van der Waals surface area (Å²) in [7, 11) is 0. The molecule has 108 valence electrons. The minimum absolute atomic E-state index is 0.0855. The SMILES string of the molecule is CCNC(=O)CC1SC(NC2CC3C=CC2C3)=NC1=O. The van der Waals surface area contributed by atoms with Gasteiger partial charge in [-0.15, -0.1) is 0 Å². The highest BCUT2D eigenvalue weighted by Gasteiger charge is 2.38. The molecule has 2 N–H and O–H groups in total. The molecule has 2 bridgehead atoms. The lowest BCUT2D eigenvalue weighted by atomic mass is 10.0. The Bertz CT molecular complexity index is 489. The molecule has 1 saturated carbocycles. The summed E-state index contributed by atoms with van der Waals surface area (Å²) in [5.41, 5.74) is 0. The van der Waals surface area contributed by atoms with Crippen molar-refractivity contribution in [1.29, 1.82) is 0 Å². The number of hydrogen-bond acceptors (Lipinski definition) is 4. The second-order valence-corrected chi connectivity index (χ2v) is 6.74. The molecular weight excluding hydrogens is 274 g/mol. The van der Waals surface area contributed by atoms with Crippen LogP contribution in [-0.2, 0) is 9.59 Å². The van der Waals surface area contributed by atoms with Crippen molar-refractivity contribution in [3.63, 3.8) is 0 Å². The van der Waals surface area contributed by atoms with Crippen molar-refractivity contribution in [3.8, 4) is 0 Å². The number of fused-ring (bicyclic) bond motifs is 2. The van der Waals surface area contributed by atoms with Crippen molar-refractivity contribution >= 4 is 28.7 Å². The van der Waals surface area contributed by atoms with Gasteiger partial charge >= 0.3 is 0 Å². The number of carbonyl (C=O) groups excluding carboxylic acids is 2. The van der Waals surface area contributed by atoms with Crippen LogP contribution in [0.5, 0.6) is 0 Å². The quantitative estimate of drug-likeness (QED) is 0.761. The summed E-state index contributed by atoms with van der Waals surface area (Å²) in [6.45, 7) is 2.46. The lowest BCUT2D eigenvalue weighted by Crippen LogP contribution is -2.35. The van der Waals surface area contributed by atoms with Crippen LogP contribution >= 0.6 is 11.8 Å². The van der Waals surface area contributed by atoms with Gasteiger partial charge in [-0.1, -0.05) is 23.9 Å². The number of amides is 2. The molecule has 0 aromatic rings. The van der Waals surface area contributed by atoms with Crippen molar-refractivity contribution in [2.75, 3.05) is 6.54 Å². The highest BCUT2D eigenvalue weighted by Crippen LogP contribution is 2.39. The summed E-state index contributed by atoms with van der Waals surface area (Å²) in [4.78, 5) is 27.4. The molecular formula is C14H19N3O2S. The van der Waals surface area contributed by atoms with Crippen LogP contribution in [0, 0.1) is 11.8 Å². The maximum absolute atomic E-state index is 11.8. The molecule has 3 rings (SSSR count). The predicted molar refractivity (Wildman–Crippen MR) is 79.4 cm³/mol. The smallest absolute Gasteiger partial charge is 0.262 e. The average molecular weight is 293 g/mol. The Morgan fingerprint density at radius 3 is 2.95 bits per heavy atom. The Morgan fingerprint density at radius 2 is 2.30 bits per heavy atom. The van der Waals surface area contributed by atoms with E-state index < -0.39 is 0 Å². The minimum atomic E-state index is -0.363. The van der Waals surface area contributed by atoms with Crippen molar-refractivity contribution in [3.05, 3.63) is 12.2 Å². The molecule has 0 spiro atoms. The zero-order valence-electron chi connectivity index (χ0n) is 11.5. The van der Waals surface area contributed by atoms with Gasteiger partial charge in [0.15, 0.2) is 5.17 Å². The zero-order valence-corrected chi connectivity index (χ0v) is 12.3. The van der Waals surface area contributed by atoms with Crippen molar-refractivity contribution in [2.45, 2.75) is 37.5 Å². The number of allylic oxidation sites excluding steroid dienone is 1. The number of amidine groups is 1. The van der Waals surface area contributed by atoms with Gasteiger partial charge in [-0.2, -0.15) is 4.99 Å². The molecule has 2 amide bonds. The topological polar surface area (TPSA) is 70.6 Å². The summed E-state index contributed by atoms with van der Waals surface area (Å²) in [5, 5.41) is 6.43. The van der Waals surface area contributed by atoms with Crippen molar-refractivity contribution in [2.24, 2.45) is 16.8 Å². The fraction of sp³-hybridized carbons (Fsp3) is 0.643. The van der Waals surface area contributed by atoms with Gasteiger partial charge in [0.25, 0.3) is 5.91 Å². The fourth-order valence-electron chi connectivity index (χ4n) is 3.12. The Labute approximate surface area is 122 Å². The second-order valence-electron chi connectivity index (χ2n) is 5.55. The highest BCUT2D eigenvalue weighted by molar-refractivity contribution is 8.15. The van der Waals surface area contributed by atoms with E-state index in [1.165, 1.54) is 18.2 Å². The van der Waals surface area contributed by atoms with Gasteiger partial charge in [-0.25, -0.2) is 0 Å². The van der Waals surface area contributed by atoms with E-state index in [-0.39, 0.29) is 23.5 Å². The number of carbonyl (C=O) groups is 2. The van der Waals surface area contributed by atoms with E-state index in [1.54, 1.807) is 0 Å². The van der Waals surface area contributed by atoms with Gasteiger partial charge in [-0.05, 0) is 31.6 Å². The normalized spacial score (nSPS) is 34.5. The Balaban J connectivity index is 1.52. The van der Waals surface area contributed by atoms with Crippen molar-refractivity contribution < 1.29 is 9.59 Å². The summed E-state index contributed by atoms with van der Waals surface area (Å²) >= 11 is 1.39. The van der Waals surface area contributed by atoms with E-state index in [0.717, 1.165) is 6.42 Å². The van der Waals surface area contributed by atoms with E-state index >= 15 is 0 Å². The van der Waals surface area contributed by atoms with Crippen LogP contribution in [0.4, 0.5) is 0 Å². The molecule has 5 nitrogen and oxygen atoms in total. The van der Waals surface area contributed by atoms with Crippen LogP contribution in [0.2, 0.25) is 0 Å². The van der Waals surface area contributed by atoms with Crippen LogP contribution < -0.4 is 10.6 Å². The monoisotopic (exact) mass is 293 g/mol. The van der Waals surface area contributed by atoms with E-state index in [1.807, 2.05) is 6.92 Å². The Morgan fingerprint density at radius 1 is 1.45 bits per heavy atom. The van der Waals surface area contributed by atoms with Crippen LogP contribution in [0.15, 0.2) is 17.1 Å². The number of aliphatic imine (C=N–C) groups is 1. The third-order valence-corrected chi connectivity index (χ3v) is 5.16. The molecule has 3 aliphatic rings. The van der Waals surface area contributed by atoms with Crippen LogP contribution in [0.3, 0.4) is 0 Å². The first-order valence-electron chi connectivity index (χ1n) is 7.16. The molecule has 1 aliphatic heterocycles. The molecule has 20 heavy (non-hydrogen) atoms. The largest absolute Gasteiger partial charge is 0.361 e. The third kappa shape index (κ3) is 2.75. The first-order valence-corrected chi connectivity index (χ1v) is 8.04. The molecule has 4 unspecified atom stereocenters. The van der Waals surface area contributed by atoms with Crippen LogP contribution in [-0.4, -0.2) is 34.8 Å². The van der Waals surface area contributed by atoms with Gasteiger partial charge in [0, 0.05) is 19.0 Å². The highest BCUT2D eigenvalue weighted by atomic mass is 32.2. The minimum Gasteiger partial charge on any atom is -0.361 e. The van der Waals surface area contributed by atoms with Gasteiger partial charge in [-0.3, -0.25) is 9.59 Å². The average Bonchev–Trinajstić information content (AvgIpc) is 3.07. The van der Waals surface area contributed by atoms with Gasteiger partial charge in [0.1, 0.15) is 5.25 Å². The first kappa shape index (κ1) is 13.7. The van der Waals surface area contributed by atoms with Gasteiger partial charge < -0.3 is 10.6 Å². The molecule has 0 radical (unpaired) electrons. The molecule has 6 heteroatoms. The fourth-order valence-corrected chi connectivity index (χ4v) is 4.14. The molecule has 4 atom stereocenters. The number of rotatable bonds is 4. The summed E-state index contributed by atoms with van der Waals surface area (Å²) in [6, 6.07) is 0.396. The zero-order chi connectivity index (χ0) is 14.1. The van der Waals surface area contributed by atoms with Crippen LogP contribution in [0.1, 0.15) is 26.2 Å². The summed E-state index contributed by atoms with van der Waals surface area (Å²) in [6.07, 6.45) is 7.10. The van der Waals surface area contributed by atoms with Crippen LogP contribution in [0.25, 0.3) is 0 Å². The number of nitrogens with one attached hydrogen (secondary N) is 2. The predicted octanol–water partition coefficient (Wildman–Crippen LogP) is 1.06. The molecule has 2 aliphatic carbocycles. The first-order chi connectivity index (χ1) is 9.65. The van der Waals surface area contributed by atoms with Gasteiger partial charge in [0.2, 0.25) is 5.91 Å². The number of nitrogens with zero attached hydrogens (tertiary/aromatic N) is 1.